The van der Waals surface area contributed by atoms with E-state index in [0.717, 1.165) is 0 Å². The molecular weight excluding hydrogens is 156 g/mol. The van der Waals surface area contributed by atoms with Gasteiger partial charge < -0.3 is 0 Å². The molecule has 0 bridgehead atoms. The van der Waals surface area contributed by atoms with Crippen molar-refractivity contribution in [3.8, 4) is 0 Å². The fourth-order valence-electron chi connectivity index (χ4n) is 1.07. The zero-order valence-corrected chi connectivity index (χ0v) is 9.26. The van der Waals surface area contributed by atoms with E-state index in [9.17, 15) is 0 Å². The van der Waals surface area contributed by atoms with Gasteiger partial charge in [0.2, 0.25) is 0 Å². The van der Waals surface area contributed by atoms with E-state index >= 15 is 0 Å². The summed E-state index contributed by atoms with van der Waals surface area (Å²) in [6.45, 7) is 0. The molecule has 0 rings (SSSR count). The Balaban J connectivity index is 4.69. The molecule has 0 heterocycles. The topological polar surface area (TPSA) is 9.72 Å². The zero-order chi connectivity index (χ0) is 9.23. The normalized spacial score (nSPS) is 13.5. The molecule has 0 spiro atoms. The molecule has 0 aromatic rings. The van der Waals surface area contributed by atoms with Crippen LogP contribution in [0.1, 0.15) is 0 Å². The molecule has 0 aromatic heterocycles. The number of rotatable bonds is 3. The molecule has 0 saturated carbocycles. The van der Waals surface area contributed by atoms with Gasteiger partial charge in [-0.15, -0.1) is 0 Å². The van der Waals surface area contributed by atoms with Crippen LogP contribution in [0.4, 0.5) is 0 Å². The van der Waals surface area contributed by atoms with Gasteiger partial charge >= 0.3 is 70.7 Å². The number of hydrogen-bond donors (Lipinski definition) is 0. The van der Waals surface area contributed by atoms with E-state index in [4.69, 9.17) is 7.18 Å². The van der Waals surface area contributed by atoms with Gasteiger partial charge in [-0.1, -0.05) is 0 Å². The molecular formula is C6H18BN3P. The third-order valence-corrected chi connectivity index (χ3v) is 5.30. The van der Waals surface area contributed by atoms with Crippen LogP contribution >= 0.6 is 7.21 Å². The van der Waals surface area contributed by atoms with Crippen LogP contribution in [0.25, 0.3) is 0 Å². The Bertz CT molecular complexity index is 139. The van der Waals surface area contributed by atoms with Gasteiger partial charge in [0.1, 0.15) is 0 Å². The van der Waals surface area contributed by atoms with Gasteiger partial charge in [0, 0.05) is 0 Å². The summed E-state index contributed by atoms with van der Waals surface area (Å²) in [7, 11) is 16.6. The molecule has 0 fully saturated rings. The molecule has 0 aliphatic rings. The standard InChI is InChI=1S/C6H18BN3P/c1-8(2)11(7,9(3)4)10(5)6/h1-6H3. The molecule has 0 atom stereocenters. The maximum atomic E-state index is 6.22. The average Bonchev–Trinajstić information content (AvgIpc) is 1.84. The van der Waals surface area contributed by atoms with E-state index in [1.165, 1.54) is 0 Å². The van der Waals surface area contributed by atoms with Crippen molar-refractivity contribution < 1.29 is 0 Å². The first-order valence-corrected chi connectivity index (χ1v) is 5.26. The van der Waals surface area contributed by atoms with Crippen LogP contribution in [0.3, 0.4) is 0 Å². The molecule has 0 aliphatic heterocycles. The van der Waals surface area contributed by atoms with Gasteiger partial charge in [0.25, 0.3) is 0 Å². The Hall–Kier alpha value is 0.375. The summed E-state index contributed by atoms with van der Waals surface area (Å²) in [4.78, 5) is 0. The third kappa shape index (κ3) is 2.16. The van der Waals surface area contributed by atoms with Gasteiger partial charge in [-0.05, 0) is 0 Å². The zero-order valence-electron chi connectivity index (χ0n) is 8.37. The number of nitrogens with zero attached hydrogens (tertiary/aromatic N) is 3. The van der Waals surface area contributed by atoms with Crippen LogP contribution in [-0.4, -0.2) is 63.5 Å². The third-order valence-electron chi connectivity index (χ3n) is 1.77. The van der Waals surface area contributed by atoms with Crippen molar-refractivity contribution in [3.63, 3.8) is 0 Å². The van der Waals surface area contributed by atoms with Crippen LogP contribution in [0.15, 0.2) is 0 Å². The maximum absolute atomic E-state index is 6.22. The molecule has 3 nitrogen and oxygen atoms in total. The summed E-state index contributed by atoms with van der Waals surface area (Å²) in [5.41, 5.74) is 0. The van der Waals surface area contributed by atoms with E-state index in [1.807, 2.05) is 42.3 Å². The predicted octanol–water partition coefficient (Wildman–Crippen LogP) is 0.517. The Labute approximate surface area is 71.4 Å². The Kier molecular flexibility index (Phi) is 3.99. The van der Waals surface area contributed by atoms with Crippen molar-refractivity contribution in [1.82, 2.24) is 14.0 Å². The second kappa shape index (κ2) is 3.86. The van der Waals surface area contributed by atoms with E-state index in [2.05, 4.69) is 14.0 Å². The van der Waals surface area contributed by atoms with Gasteiger partial charge in [-0.25, -0.2) is 0 Å². The summed E-state index contributed by atoms with van der Waals surface area (Å²) < 4.78 is 6.23. The van der Waals surface area contributed by atoms with Crippen LogP contribution in [-0.2, 0) is 0 Å². The van der Waals surface area contributed by atoms with Gasteiger partial charge in [-0.2, -0.15) is 0 Å². The van der Waals surface area contributed by atoms with Crippen molar-refractivity contribution in [2.45, 2.75) is 0 Å². The van der Waals surface area contributed by atoms with Crippen molar-refractivity contribution in [2.24, 2.45) is 0 Å². The van der Waals surface area contributed by atoms with E-state index in [0.29, 0.717) is 0 Å². The molecule has 11 heavy (non-hydrogen) atoms. The van der Waals surface area contributed by atoms with Crippen molar-refractivity contribution in [1.29, 1.82) is 0 Å². The first-order valence-electron chi connectivity index (χ1n) is 3.54. The van der Waals surface area contributed by atoms with Gasteiger partial charge in [0.05, 0.1) is 0 Å². The van der Waals surface area contributed by atoms with Gasteiger partial charge in [-0.3, -0.25) is 0 Å². The Morgan fingerprint density at radius 1 is 0.727 bits per heavy atom. The quantitative estimate of drug-likeness (QED) is 0.456. The molecule has 0 unspecified atom stereocenters. The summed E-state index contributed by atoms with van der Waals surface area (Å²) in [6.07, 6.45) is 0. The predicted molar refractivity (Wildman–Crippen MR) is 53.7 cm³/mol. The van der Waals surface area contributed by atoms with E-state index in [-0.39, 0.29) is 0 Å². The van der Waals surface area contributed by atoms with Crippen LogP contribution in [0.2, 0.25) is 0 Å². The van der Waals surface area contributed by atoms with E-state index in [1.54, 1.807) is 0 Å². The number of hydrogen-bond acceptors (Lipinski definition) is 3. The molecule has 0 N–H and O–H groups in total. The first kappa shape index (κ1) is 11.4. The Morgan fingerprint density at radius 2 is 0.909 bits per heavy atom. The Morgan fingerprint density at radius 3 is 0.909 bits per heavy atom. The minimum absolute atomic E-state index is 1.69. The van der Waals surface area contributed by atoms with Crippen LogP contribution < -0.4 is 0 Å². The van der Waals surface area contributed by atoms with Crippen molar-refractivity contribution in [2.75, 3.05) is 42.3 Å². The fourth-order valence-corrected chi connectivity index (χ4v) is 3.22. The fraction of sp³-hybridized carbons (Fsp3) is 1.00. The molecule has 0 aromatic carbocycles. The average molecular weight is 174 g/mol. The molecule has 1 radical (unpaired) electrons. The summed E-state index contributed by atoms with van der Waals surface area (Å²) >= 11 is 0. The minimum atomic E-state index is -1.69. The molecule has 0 aliphatic carbocycles. The van der Waals surface area contributed by atoms with Crippen molar-refractivity contribution in [3.05, 3.63) is 0 Å². The summed E-state index contributed by atoms with van der Waals surface area (Å²) in [5.74, 6) is 0. The summed E-state index contributed by atoms with van der Waals surface area (Å²) in [6, 6.07) is 0. The SMILES string of the molecule is [B]=P(N(C)C)(N(C)C)N(C)C. The monoisotopic (exact) mass is 174 g/mol. The van der Waals surface area contributed by atoms with Crippen LogP contribution in [0, 0.1) is 0 Å². The summed E-state index contributed by atoms with van der Waals surface area (Å²) in [5, 5.41) is 0. The first-order chi connectivity index (χ1) is 4.83. The van der Waals surface area contributed by atoms with Crippen LogP contribution in [0.5, 0.6) is 0 Å². The van der Waals surface area contributed by atoms with Gasteiger partial charge in [0.15, 0.2) is 0 Å². The van der Waals surface area contributed by atoms with Crippen molar-refractivity contribution >= 4 is 14.4 Å². The second-order valence-electron chi connectivity index (χ2n) is 3.16. The molecule has 0 amide bonds. The molecule has 65 valence electrons. The molecule has 0 saturated heterocycles. The van der Waals surface area contributed by atoms with E-state index < -0.39 is 7.21 Å². The molecule has 5 heteroatoms. The second-order valence-corrected chi connectivity index (χ2v) is 6.79.